The minimum absolute atomic E-state index is 0.0963. The quantitative estimate of drug-likeness (QED) is 0.913. The number of ether oxygens (including phenoxy) is 2. The Labute approximate surface area is 110 Å². The fraction of sp³-hybridized carbons (Fsp3) is 0.538. The van der Waals surface area contributed by atoms with Gasteiger partial charge in [-0.25, -0.2) is 0 Å². The summed E-state index contributed by atoms with van der Waals surface area (Å²) in [7, 11) is 0. The van der Waals surface area contributed by atoms with Gasteiger partial charge in [0.05, 0.1) is 24.3 Å². The van der Waals surface area contributed by atoms with Crippen molar-refractivity contribution in [2.45, 2.75) is 25.7 Å². The van der Waals surface area contributed by atoms with E-state index in [9.17, 15) is 5.11 Å². The van der Waals surface area contributed by atoms with E-state index in [1.807, 2.05) is 26.0 Å². The maximum Gasteiger partial charge on any atom is 0.175 e. The molecule has 1 N–H and O–H groups in total. The first-order valence-corrected chi connectivity index (χ1v) is 6.54. The third-order valence-corrected chi connectivity index (χ3v) is 3.57. The van der Waals surface area contributed by atoms with Crippen molar-refractivity contribution >= 4 is 15.9 Å². The Hall–Kier alpha value is -0.740. The first-order chi connectivity index (χ1) is 8.04. The average Bonchev–Trinajstić information content (AvgIpc) is 2.54. The SMILES string of the molecule is CC(C)(CO)c1cc(Br)c2c(c1)OCCCO2. The molecule has 0 bridgehead atoms. The van der Waals surface area contributed by atoms with Crippen LogP contribution in [0.3, 0.4) is 0 Å². The maximum absolute atomic E-state index is 9.41. The normalized spacial score (nSPS) is 15.5. The Kier molecular flexibility index (Phi) is 3.64. The van der Waals surface area contributed by atoms with Gasteiger partial charge in [0.25, 0.3) is 0 Å². The molecule has 94 valence electrons. The van der Waals surface area contributed by atoms with Crippen LogP contribution in [0.2, 0.25) is 0 Å². The number of fused-ring (bicyclic) bond motifs is 1. The summed E-state index contributed by atoms with van der Waals surface area (Å²) in [5, 5.41) is 9.41. The number of hydrogen-bond donors (Lipinski definition) is 1. The Morgan fingerprint density at radius 3 is 2.71 bits per heavy atom. The summed E-state index contributed by atoms with van der Waals surface area (Å²) in [6.45, 7) is 5.44. The highest BCUT2D eigenvalue weighted by molar-refractivity contribution is 9.10. The van der Waals surface area contributed by atoms with Gasteiger partial charge in [-0.15, -0.1) is 0 Å². The van der Waals surface area contributed by atoms with Crippen molar-refractivity contribution < 1.29 is 14.6 Å². The van der Waals surface area contributed by atoms with Gasteiger partial charge in [0.1, 0.15) is 0 Å². The molecule has 3 nitrogen and oxygen atoms in total. The lowest BCUT2D eigenvalue weighted by atomic mass is 9.85. The third-order valence-electron chi connectivity index (χ3n) is 2.98. The monoisotopic (exact) mass is 300 g/mol. The van der Waals surface area contributed by atoms with Crippen molar-refractivity contribution in [1.82, 2.24) is 0 Å². The van der Waals surface area contributed by atoms with E-state index in [2.05, 4.69) is 15.9 Å². The molecule has 4 heteroatoms. The van der Waals surface area contributed by atoms with Crippen LogP contribution >= 0.6 is 15.9 Å². The smallest absolute Gasteiger partial charge is 0.175 e. The molecule has 17 heavy (non-hydrogen) atoms. The van der Waals surface area contributed by atoms with E-state index >= 15 is 0 Å². The Bertz CT molecular complexity index is 415. The molecule has 0 saturated heterocycles. The Morgan fingerprint density at radius 1 is 1.29 bits per heavy atom. The van der Waals surface area contributed by atoms with Crippen molar-refractivity contribution in [3.8, 4) is 11.5 Å². The number of hydrogen-bond acceptors (Lipinski definition) is 3. The molecule has 0 aliphatic carbocycles. The summed E-state index contributed by atoms with van der Waals surface area (Å²) < 4.78 is 12.2. The first-order valence-electron chi connectivity index (χ1n) is 5.75. The van der Waals surface area contributed by atoms with E-state index in [1.54, 1.807) is 0 Å². The molecule has 1 aliphatic rings. The average molecular weight is 301 g/mol. The first kappa shape index (κ1) is 12.7. The Morgan fingerprint density at radius 2 is 2.00 bits per heavy atom. The number of rotatable bonds is 2. The number of aliphatic hydroxyl groups excluding tert-OH is 1. The second kappa shape index (κ2) is 4.86. The van der Waals surface area contributed by atoms with Crippen molar-refractivity contribution in [2.75, 3.05) is 19.8 Å². The van der Waals surface area contributed by atoms with Crippen LogP contribution < -0.4 is 9.47 Å². The van der Waals surface area contributed by atoms with Gasteiger partial charge in [-0.1, -0.05) is 13.8 Å². The molecule has 0 amide bonds. The van der Waals surface area contributed by atoms with E-state index < -0.39 is 0 Å². The summed E-state index contributed by atoms with van der Waals surface area (Å²) in [6.07, 6.45) is 0.889. The summed E-state index contributed by atoms with van der Waals surface area (Å²) in [5.41, 5.74) is 0.754. The van der Waals surface area contributed by atoms with Gasteiger partial charge in [-0.3, -0.25) is 0 Å². The van der Waals surface area contributed by atoms with Crippen molar-refractivity contribution in [3.05, 3.63) is 22.2 Å². The van der Waals surface area contributed by atoms with E-state index in [0.717, 1.165) is 28.0 Å². The molecule has 2 rings (SSSR count). The predicted molar refractivity (Wildman–Crippen MR) is 69.9 cm³/mol. The fourth-order valence-electron chi connectivity index (χ4n) is 1.71. The molecule has 0 saturated carbocycles. The minimum atomic E-state index is -0.285. The van der Waals surface area contributed by atoms with Gasteiger partial charge in [0.2, 0.25) is 0 Å². The van der Waals surface area contributed by atoms with Crippen molar-refractivity contribution in [1.29, 1.82) is 0 Å². The number of aliphatic hydroxyl groups is 1. The van der Waals surface area contributed by atoms with Gasteiger partial charge in [-0.2, -0.15) is 0 Å². The summed E-state index contributed by atoms with van der Waals surface area (Å²) >= 11 is 3.50. The highest BCUT2D eigenvalue weighted by Gasteiger charge is 2.24. The van der Waals surface area contributed by atoms with E-state index in [0.29, 0.717) is 13.2 Å². The Balaban J connectivity index is 2.46. The second-order valence-corrected chi connectivity index (χ2v) is 5.73. The van der Waals surface area contributed by atoms with Crippen LogP contribution in [0.15, 0.2) is 16.6 Å². The van der Waals surface area contributed by atoms with Crippen LogP contribution in [-0.2, 0) is 5.41 Å². The van der Waals surface area contributed by atoms with Crippen LogP contribution in [0.5, 0.6) is 11.5 Å². The third kappa shape index (κ3) is 2.58. The highest BCUT2D eigenvalue weighted by atomic mass is 79.9. The predicted octanol–water partition coefficient (Wildman–Crippen LogP) is 2.88. The van der Waals surface area contributed by atoms with Gasteiger partial charge < -0.3 is 14.6 Å². The van der Waals surface area contributed by atoms with Gasteiger partial charge in [0, 0.05) is 11.8 Å². The lowest BCUT2D eigenvalue weighted by molar-refractivity contribution is 0.218. The molecule has 0 aromatic heterocycles. The zero-order valence-electron chi connectivity index (χ0n) is 10.1. The molecule has 0 spiro atoms. The van der Waals surface area contributed by atoms with Crippen LogP contribution in [0, 0.1) is 0 Å². The second-order valence-electron chi connectivity index (χ2n) is 4.88. The van der Waals surface area contributed by atoms with Gasteiger partial charge in [0.15, 0.2) is 11.5 Å². The standard InChI is InChI=1S/C13H17BrO3/c1-13(2,8-15)9-6-10(14)12-11(7-9)16-4-3-5-17-12/h6-7,15H,3-5,8H2,1-2H3. The number of benzene rings is 1. The molecular weight excluding hydrogens is 284 g/mol. The van der Waals surface area contributed by atoms with Crippen LogP contribution in [0.4, 0.5) is 0 Å². The molecule has 1 aromatic carbocycles. The zero-order chi connectivity index (χ0) is 12.5. The van der Waals surface area contributed by atoms with Crippen molar-refractivity contribution in [3.63, 3.8) is 0 Å². The largest absolute Gasteiger partial charge is 0.490 e. The highest BCUT2D eigenvalue weighted by Crippen LogP contribution is 2.40. The lowest BCUT2D eigenvalue weighted by Crippen LogP contribution is -2.22. The molecule has 1 heterocycles. The molecule has 1 aliphatic heterocycles. The van der Waals surface area contributed by atoms with Gasteiger partial charge in [-0.05, 0) is 33.6 Å². The van der Waals surface area contributed by atoms with E-state index in [1.165, 1.54) is 0 Å². The van der Waals surface area contributed by atoms with E-state index in [4.69, 9.17) is 9.47 Å². The minimum Gasteiger partial charge on any atom is -0.490 e. The summed E-state index contributed by atoms with van der Waals surface area (Å²) in [6, 6.07) is 3.95. The van der Waals surface area contributed by atoms with Crippen LogP contribution in [0.25, 0.3) is 0 Å². The molecule has 0 atom stereocenters. The number of halogens is 1. The lowest BCUT2D eigenvalue weighted by Gasteiger charge is -2.24. The topological polar surface area (TPSA) is 38.7 Å². The molecule has 0 radical (unpaired) electrons. The molecule has 1 aromatic rings. The summed E-state index contributed by atoms with van der Waals surface area (Å²) in [4.78, 5) is 0. The fourth-order valence-corrected chi connectivity index (χ4v) is 2.27. The zero-order valence-corrected chi connectivity index (χ0v) is 11.7. The van der Waals surface area contributed by atoms with E-state index in [-0.39, 0.29) is 12.0 Å². The van der Waals surface area contributed by atoms with Crippen LogP contribution in [-0.4, -0.2) is 24.9 Å². The van der Waals surface area contributed by atoms with Crippen LogP contribution in [0.1, 0.15) is 25.8 Å². The summed E-state index contributed by atoms with van der Waals surface area (Å²) in [5.74, 6) is 1.52. The molecular formula is C13H17BrO3. The molecule has 0 fully saturated rings. The maximum atomic E-state index is 9.41. The van der Waals surface area contributed by atoms with Crippen molar-refractivity contribution in [2.24, 2.45) is 0 Å². The molecule has 0 unspecified atom stereocenters. The van der Waals surface area contributed by atoms with Gasteiger partial charge >= 0.3 is 0 Å².